The van der Waals surface area contributed by atoms with E-state index < -0.39 is 0 Å². The molecule has 2 atom stereocenters. The monoisotopic (exact) mass is 166 g/mol. The summed E-state index contributed by atoms with van der Waals surface area (Å²) in [5, 5.41) is 0.901. The van der Waals surface area contributed by atoms with Gasteiger partial charge in [0.2, 0.25) is 0 Å². The van der Waals surface area contributed by atoms with E-state index in [0.717, 1.165) is 11.4 Å². The molecule has 0 radical (unpaired) electrons. The predicted molar refractivity (Wildman–Crippen MR) is 42.8 cm³/mol. The van der Waals surface area contributed by atoms with Crippen molar-refractivity contribution in [3.63, 3.8) is 0 Å². The van der Waals surface area contributed by atoms with E-state index in [2.05, 4.69) is 6.07 Å². The molecule has 0 spiro atoms. The summed E-state index contributed by atoms with van der Waals surface area (Å²) >= 11 is 6.00. The highest BCUT2D eigenvalue weighted by Gasteiger charge is 2.47. The molecule has 0 N–H and O–H groups in total. The Bertz CT molecular complexity index is 321. The molecule has 1 aliphatic carbocycles. The molecule has 1 fully saturated rings. The maximum absolute atomic E-state index is 6.00. The molecule has 0 bridgehead atoms. The van der Waals surface area contributed by atoms with E-state index >= 15 is 0 Å². The molecule has 2 aliphatic rings. The second-order valence-electron chi connectivity index (χ2n) is 3.11. The summed E-state index contributed by atoms with van der Waals surface area (Å²) in [4.78, 5) is 0. The van der Waals surface area contributed by atoms with Gasteiger partial charge in [-0.05, 0) is 17.2 Å². The van der Waals surface area contributed by atoms with E-state index in [1.807, 2.05) is 12.1 Å². The molecular formula is C9H7ClO. The Morgan fingerprint density at radius 1 is 1.45 bits per heavy atom. The number of rotatable bonds is 0. The van der Waals surface area contributed by atoms with Crippen LogP contribution in [0.2, 0.25) is 5.02 Å². The minimum atomic E-state index is 0.378. The molecule has 1 aromatic carbocycles. The fourth-order valence-corrected chi connectivity index (χ4v) is 2.09. The van der Waals surface area contributed by atoms with Gasteiger partial charge in [0.05, 0.1) is 6.10 Å². The summed E-state index contributed by atoms with van der Waals surface area (Å²) in [6.45, 7) is 0. The Morgan fingerprint density at radius 2 is 2.36 bits per heavy atom. The van der Waals surface area contributed by atoms with Crippen LogP contribution in [-0.4, -0.2) is 6.10 Å². The average Bonchev–Trinajstić information content (AvgIpc) is 2.67. The Labute approximate surface area is 69.9 Å². The molecule has 11 heavy (non-hydrogen) atoms. The van der Waals surface area contributed by atoms with Gasteiger partial charge >= 0.3 is 0 Å². The van der Waals surface area contributed by atoms with Crippen molar-refractivity contribution in [1.29, 1.82) is 0 Å². The number of hydrogen-bond donors (Lipinski definition) is 0. The third-order valence-corrected chi connectivity index (χ3v) is 2.80. The molecule has 56 valence electrons. The number of benzene rings is 1. The first-order valence-corrected chi connectivity index (χ1v) is 4.17. The van der Waals surface area contributed by atoms with Crippen LogP contribution in [-0.2, 0) is 11.2 Å². The van der Waals surface area contributed by atoms with Gasteiger partial charge in [0, 0.05) is 11.4 Å². The third-order valence-electron chi connectivity index (χ3n) is 2.45. The van der Waals surface area contributed by atoms with E-state index in [0.29, 0.717) is 12.2 Å². The molecule has 1 aromatic rings. The van der Waals surface area contributed by atoms with Gasteiger partial charge < -0.3 is 4.74 Å². The van der Waals surface area contributed by atoms with E-state index in [4.69, 9.17) is 16.3 Å². The first kappa shape index (κ1) is 6.04. The topological polar surface area (TPSA) is 12.5 Å². The Morgan fingerprint density at radius 3 is 3.18 bits per heavy atom. The van der Waals surface area contributed by atoms with E-state index in [9.17, 15) is 0 Å². The molecule has 1 heterocycles. The van der Waals surface area contributed by atoms with Crippen LogP contribution in [0.3, 0.4) is 0 Å². The van der Waals surface area contributed by atoms with Crippen molar-refractivity contribution in [2.24, 2.45) is 0 Å². The fraction of sp³-hybridized carbons (Fsp3) is 0.333. The van der Waals surface area contributed by atoms with Crippen molar-refractivity contribution in [3.05, 3.63) is 34.3 Å². The number of fused-ring (bicyclic) bond motifs is 3. The van der Waals surface area contributed by atoms with Crippen molar-refractivity contribution in [1.82, 2.24) is 0 Å². The summed E-state index contributed by atoms with van der Waals surface area (Å²) < 4.78 is 5.38. The molecule has 0 aromatic heterocycles. The minimum absolute atomic E-state index is 0.378. The summed E-state index contributed by atoms with van der Waals surface area (Å²) in [5.74, 6) is 0. The molecule has 1 nitrogen and oxygen atoms in total. The van der Waals surface area contributed by atoms with Crippen molar-refractivity contribution >= 4 is 11.6 Å². The Kier molecular flexibility index (Phi) is 0.984. The van der Waals surface area contributed by atoms with Crippen LogP contribution < -0.4 is 0 Å². The Hall–Kier alpha value is -0.530. The van der Waals surface area contributed by atoms with Crippen molar-refractivity contribution in [2.75, 3.05) is 0 Å². The highest BCUT2D eigenvalue weighted by atomic mass is 35.5. The molecule has 0 unspecified atom stereocenters. The minimum Gasteiger partial charge on any atom is -0.364 e. The zero-order chi connectivity index (χ0) is 7.42. The lowest BCUT2D eigenvalue weighted by Crippen LogP contribution is -1.89. The molecule has 3 rings (SSSR count). The first-order chi connectivity index (χ1) is 5.36. The fourth-order valence-electron chi connectivity index (χ4n) is 1.83. The van der Waals surface area contributed by atoms with Crippen LogP contribution in [0.4, 0.5) is 0 Å². The van der Waals surface area contributed by atoms with Crippen LogP contribution in [0.25, 0.3) is 0 Å². The normalized spacial score (nSPS) is 31.4. The summed E-state index contributed by atoms with van der Waals surface area (Å²) in [6.07, 6.45) is 1.84. The number of ether oxygens (including phenoxy) is 1. The SMILES string of the molecule is Clc1cccc2c1C[C@H]1O[C@@H]21. The van der Waals surface area contributed by atoms with Gasteiger partial charge in [0.25, 0.3) is 0 Å². The first-order valence-electron chi connectivity index (χ1n) is 3.79. The summed E-state index contributed by atoms with van der Waals surface area (Å²) in [5.41, 5.74) is 2.61. The highest BCUT2D eigenvalue weighted by Crippen LogP contribution is 2.50. The standard InChI is InChI=1S/C9H7ClO/c10-7-3-1-2-5-6(7)4-8-9(5)11-8/h1-3,8-9H,4H2/t8-,9+/m1/s1. The molecule has 0 saturated carbocycles. The summed E-state index contributed by atoms with van der Waals surface area (Å²) in [6, 6.07) is 6.05. The molecule has 0 amide bonds. The van der Waals surface area contributed by atoms with Gasteiger partial charge in [-0.15, -0.1) is 0 Å². The number of halogens is 1. The van der Waals surface area contributed by atoms with Crippen LogP contribution in [0, 0.1) is 0 Å². The van der Waals surface area contributed by atoms with Gasteiger partial charge in [0.15, 0.2) is 0 Å². The van der Waals surface area contributed by atoms with Crippen molar-refractivity contribution < 1.29 is 4.74 Å². The van der Waals surface area contributed by atoms with Crippen molar-refractivity contribution in [2.45, 2.75) is 18.6 Å². The maximum Gasteiger partial charge on any atom is 0.110 e. The van der Waals surface area contributed by atoms with Crippen LogP contribution in [0.1, 0.15) is 17.2 Å². The Balaban J connectivity index is 2.24. The van der Waals surface area contributed by atoms with Crippen LogP contribution in [0.15, 0.2) is 18.2 Å². The predicted octanol–water partition coefficient (Wildman–Crippen LogP) is 2.34. The number of hydrogen-bond acceptors (Lipinski definition) is 1. The molecule has 2 heteroatoms. The van der Waals surface area contributed by atoms with Crippen LogP contribution >= 0.6 is 11.6 Å². The van der Waals surface area contributed by atoms with E-state index in [-0.39, 0.29) is 0 Å². The van der Waals surface area contributed by atoms with Crippen molar-refractivity contribution in [3.8, 4) is 0 Å². The largest absolute Gasteiger partial charge is 0.364 e. The molecule has 1 aliphatic heterocycles. The maximum atomic E-state index is 6.00. The molecular weight excluding hydrogens is 160 g/mol. The van der Waals surface area contributed by atoms with Gasteiger partial charge in [-0.2, -0.15) is 0 Å². The third kappa shape index (κ3) is 0.700. The highest BCUT2D eigenvalue weighted by molar-refractivity contribution is 6.31. The van der Waals surface area contributed by atoms with Gasteiger partial charge in [-0.1, -0.05) is 23.7 Å². The smallest absolute Gasteiger partial charge is 0.110 e. The lowest BCUT2D eigenvalue weighted by molar-refractivity contribution is 0.361. The van der Waals surface area contributed by atoms with Gasteiger partial charge in [0.1, 0.15) is 6.10 Å². The lowest BCUT2D eigenvalue weighted by atomic mass is 10.1. The molecule has 1 saturated heterocycles. The van der Waals surface area contributed by atoms with E-state index in [1.165, 1.54) is 11.1 Å². The van der Waals surface area contributed by atoms with Gasteiger partial charge in [-0.25, -0.2) is 0 Å². The zero-order valence-corrected chi connectivity index (χ0v) is 6.64. The number of epoxide rings is 1. The lowest BCUT2D eigenvalue weighted by Gasteiger charge is -2.02. The second-order valence-corrected chi connectivity index (χ2v) is 3.51. The summed E-state index contributed by atoms with van der Waals surface area (Å²) in [7, 11) is 0. The second kappa shape index (κ2) is 1.79. The quantitative estimate of drug-likeness (QED) is 0.539. The average molecular weight is 167 g/mol. The zero-order valence-electron chi connectivity index (χ0n) is 5.88. The van der Waals surface area contributed by atoms with E-state index in [1.54, 1.807) is 0 Å². The van der Waals surface area contributed by atoms with Crippen LogP contribution in [0.5, 0.6) is 0 Å². The van der Waals surface area contributed by atoms with Gasteiger partial charge in [-0.3, -0.25) is 0 Å².